The number of hydrogen-bond donors (Lipinski definition) is 2. The molecule has 0 aromatic heterocycles. The van der Waals surface area contributed by atoms with Crippen LogP contribution in [0.5, 0.6) is 0 Å². The topological polar surface area (TPSA) is 84.5 Å². The van der Waals surface area contributed by atoms with E-state index in [2.05, 4.69) is 10.0 Å². The molecule has 6 nitrogen and oxygen atoms in total. The molecule has 1 aliphatic carbocycles. The molecule has 1 aromatic carbocycles. The van der Waals surface area contributed by atoms with Crippen molar-refractivity contribution in [1.29, 1.82) is 0 Å². The Morgan fingerprint density at radius 1 is 1.15 bits per heavy atom. The van der Waals surface area contributed by atoms with Crippen LogP contribution in [0.15, 0.2) is 29.2 Å². The van der Waals surface area contributed by atoms with E-state index >= 15 is 0 Å². The van der Waals surface area contributed by atoms with Gasteiger partial charge in [-0.2, -0.15) is 0 Å². The molecule has 0 aliphatic heterocycles. The Hall–Kier alpha value is -1.44. The lowest BCUT2D eigenvalue weighted by atomic mass is 9.98. The summed E-state index contributed by atoms with van der Waals surface area (Å²) in [6.45, 7) is 4.72. The third-order valence-electron chi connectivity index (χ3n) is 4.33. The lowest BCUT2D eigenvalue weighted by Crippen LogP contribution is -2.30. The number of carbonyl (C=O) groups excluding carboxylic acids is 1. The molecule has 1 aromatic rings. The molecular weight excluding hydrogens is 352 g/mol. The zero-order valence-electron chi connectivity index (χ0n) is 15.7. The average molecular weight is 383 g/mol. The fourth-order valence-electron chi connectivity index (χ4n) is 3.02. The lowest BCUT2D eigenvalue weighted by Gasteiger charge is -2.21. The second-order valence-corrected chi connectivity index (χ2v) is 8.75. The van der Waals surface area contributed by atoms with E-state index in [1.807, 2.05) is 0 Å². The van der Waals surface area contributed by atoms with Crippen LogP contribution in [-0.4, -0.2) is 39.6 Å². The Balaban J connectivity index is 1.73. The molecule has 1 amide bonds. The first-order valence-electron chi connectivity index (χ1n) is 9.40. The quantitative estimate of drug-likeness (QED) is 0.643. The van der Waals surface area contributed by atoms with Crippen molar-refractivity contribution >= 4 is 15.9 Å². The van der Waals surface area contributed by atoms with Gasteiger partial charge in [0, 0.05) is 24.8 Å². The molecule has 1 saturated carbocycles. The SMILES string of the molecule is CC(C)NS(=O)(=O)c1ccc(C(=O)NCCCOC2CCCCC2)cc1. The average Bonchev–Trinajstić information content (AvgIpc) is 2.61. The van der Waals surface area contributed by atoms with Gasteiger partial charge in [-0.05, 0) is 57.4 Å². The number of benzene rings is 1. The first kappa shape index (κ1) is 20.9. The molecule has 2 rings (SSSR count). The number of hydrogen-bond acceptors (Lipinski definition) is 4. The van der Waals surface area contributed by atoms with Gasteiger partial charge in [0.2, 0.25) is 10.0 Å². The van der Waals surface area contributed by atoms with E-state index < -0.39 is 10.0 Å². The van der Waals surface area contributed by atoms with Gasteiger partial charge in [-0.25, -0.2) is 13.1 Å². The first-order chi connectivity index (χ1) is 12.4. The van der Waals surface area contributed by atoms with Crippen LogP contribution >= 0.6 is 0 Å². The number of sulfonamides is 1. The molecule has 2 N–H and O–H groups in total. The van der Waals surface area contributed by atoms with Gasteiger partial charge in [0.15, 0.2) is 0 Å². The van der Waals surface area contributed by atoms with Crippen molar-refractivity contribution < 1.29 is 17.9 Å². The largest absolute Gasteiger partial charge is 0.378 e. The van der Waals surface area contributed by atoms with Crippen LogP contribution in [0.3, 0.4) is 0 Å². The minimum absolute atomic E-state index is 0.156. The Morgan fingerprint density at radius 2 is 1.81 bits per heavy atom. The van der Waals surface area contributed by atoms with Crippen LogP contribution in [0.25, 0.3) is 0 Å². The van der Waals surface area contributed by atoms with Crippen molar-refractivity contribution in [3.8, 4) is 0 Å². The maximum atomic E-state index is 12.1. The second-order valence-electron chi connectivity index (χ2n) is 7.04. The number of amides is 1. The third kappa shape index (κ3) is 6.70. The normalized spacial score (nSPS) is 16.0. The lowest BCUT2D eigenvalue weighted by molar-refractivity contribution is 0.0273. The van der Waals surface area contributed by atoms with Crippen molar-refractivity contribution in [2.75, 3.05) is 13.2 Å². The summed E-state index contributed by atoms with van der Waals surface area (Å²) in [6, 6.07) is 5.78. The summed E-state index contributed by atoms with van der Waals surface area (Å²) in [5.74, 6) is -0.205. The van der Waals surface area contributed by atoms with E-state index in [0.717, 1.165) is 19.3 Å². The summed E-state index contributed by atoms with van der Waals surface area (Å²) in [5, 5.41) is 2.84. The maximum Gasteiger partial charge on any atom is 0.251 e. The summed E-state index contributed by atoms with van der Waals surface area (Å²) in [4.78, 5) is 12.3. The Kier molecular flexibility index (Phi) is 8.06. The first-order valence-corrected chi connectivity index (χ1v) is 10.9. The Bertz CT molecular complexity index is 665. The van der Waals surface area contributed by atoms with E-state index in [1.165, 1.54) is 43.5 Å². The van der Waals surface area contributed by atoms with Crippen LogP contribution in [0.2, 0.25) is 0 Å². The Morgan fingerprint density at radius 3 is 2.42 bits per heavy atom. The van der Waals surface area contributed by atoms with Gasteiger partial charge in [0.05, 0.1) is 11.0 Å². The van der Waals surface area contributed by atoms with Crippen molar-refractivity contribution in [2.24, 2.45) is 0 Å². The fraction of sp³-hybridized carbons (Fsp3) is 0.632. The predicted molar refractivity (Wildman–Crippen MR) is 102 cm³/mol. The summed E-state index contributed by atoms with van der Waals surface area (Å²) < 4.78 is 32.5. The standard InChI is InChI=1S/C19H30N2O4S/c1-15(2)21-26(23,24)18-11-9-16(10-12-18)19(22)20-13-6-14-25-17-7-4-3-5-8-17/h9-12,15,17,21H,3-8,13-14H2,1-2H3,(H,20,22). The van der Waals surface area contributed by atoms with Crippen molar-refractivity contribution in [1.82, 2.24) is 10.0 Å². The molecule has 7 heteroatoms. The van der Waals surface area contributed by atoms with E-state index in [1.54, 1.807) is 13.8 Å². The van der Waals surface area contributed by atoms with Gasteiger partial charge >= 0.3 is 0 Å². The highest BCUT2D eigenvalue weighted by atomic mass is 32.2. The summed E-state index contributed by atoms with van der Waals surface area (Å²) in [7, 11) is -3.54. The van der Waals surface area contributed by atoms with E-state index in [4.69, 9.17) is 4.74 Å². The van der Waals surface area contributed by atoms with Gasteiger partial charge in [0.1, 0.15) is 0 Å². The highest BCUT2D eigenvalue weighted by Crippen LogP contribution is 2.20. The molecule has 0 spiro atoms. The molecule has 0 unspecified atom stereocenters. The minimum atomic E-state index is -3.54. The van der Waals surface area contributed by atoms with Gasteiger partial charge in [-0.15, -0.1) is 0 Å². The fourth-order valence-corrected chi connectivity index (χ4v) is 4.27. The van der Waals surface area contributed by atoms with E-state index in [0.29, 0.717) is 24.8 Å². The maximum absolute atomic E-state index is 12.1. The molecule has 0 atom stereocenters. The number of rotatable bonds is 9. The van der Waals surface area contributed by atoms with Crippen molar-refractivity contribution in [2.45, 2.75) is 69.4 Å². The molecule has 0 heterocycles. The molecule has 1 fully saturated rings. The zero-order valence-corrected chi connectivity index (χ0v) is 16.5. The number of ether oxygens (including phenoxy) is 1. The monoisotopic (exact) mass is 382 g/mol. The van der Waals surface area contributed by atoms with Crippen LogP contribution in [-0.2, 0) is 14.8 Å². The van der Waals surface area contributed by atoms with Crippen LogP contribution < -0.4 is 10.0 Å². The molecule has 0 bridgehead atoms. The number of carbonyl (C=O) groups is 1. The third-order valence-corrected chi connectivity index (χ3v) is 6.00. The molecular formula is C19H30N2O4S. The predicted octanol–water partition coefficient (Wildman–Crippen LogP) is 2.84. The summed E-state index contributed by atoms with van der Waals surface area (Å²) >= 11 is 0. The highest BCUT2D eigenvalue weighted by molar-refractivity contribution is 7.89. The van der Waals surface area contributed by atoms with Crippen LogP contribution in [0.4, 0.5) is 0 Å². The van der Waals surface area contributed by atoms with E-state index in [-0.39, 0.29) is 16.8 Å². The molecule has 0 saturated heterocycles. The van der Waals surface area contributed by atoms with Gasteiger partial charge in [-0.1, -0.05) is 19.3 Å². The van der Waals surface area contributed by atoms with Crippen molar-refractivity contribution in [3.63, 3.8) is 0 Å². The molecule has 0 radical (unpaired) electrons. The number of nitrogens with one attached hydrogen (secondary N) is 2. The van der Waals surface area contributed by atoms with Crippen LogP contribution in [0.1, 0.15) is 62.7 Å². The molecule has 146 valence electrons. The van der Waals surface area contributed by atoms with Gasteiger partial charge < -0.3 is 10.1 Å². The van der Waals surface area contributed by atoms with E-state index in [9.17, 15) is 13.2 Å². The molecule has 26 heavy (non-hydrogen) atoms. The minimum Gasteiger partial charge on any atom is -0.378 e. The Labute approximate surface area is 156 Å². The summed E-state index contributed by atoms with van der Waals surface area (Å²) in [6.07, 6.45) is 7.25. The highest BCUT2D eigenvalue weighted by Gasteiger charge is 2.16. The van der Waals surface area contributed by atoms with Crippen molar-refractivity contribution in [3.05, 3.63) is 29.8 Å². The zero-order chi connectivity index (χ0) is 19.0. The smallest absolute Gasteiger partial charge is 0.251 e. The van der Waals surface area contributed by atoms with Gasteiger partial charge in [0.25, 0.3) is 5.91 Å². The second kappa shape index (κ2) is 10.0. The van der Waals surface area contributed by atoms with Crippen LogP contribution in [0, 0.1) is 0 Å². The van der Waals surface area contributed by atoms with Gasteiger partial charge in [-0.3, -0.25) is 4.79 Å². The summed E-state index contributed by atoms with van der Waals surface area (Å²) in [5.41, 5.74) is 0.446. The molecule has 1 aliphatic rings.